The van der Waals surface area contributed by atoms with E-state index in [0.29, 0.717) is 6.54 Å². The summed E-state index contributed by atoms with van der Waals surface area (Å²) in [5.41, 5.74) is 0.918. The monoisotopic (exact) mass is 311 g/mol. The molecule has 1 saturated heterocycles. The average molecular weight is 311 g/mol. The van der Waals surface area contributed by atoms with Crippen LogP contribution in [-0.2, 0) is 21.2 Å². The van der Waals surface area contributed by atoms with Gasteiger partial charge >= 0.3 is 0 Å². The third kappa shape index (κ3) is 4.17. The van der Waals surface area contributed by atoms with Crippen molar-refractivity contribution in [1.82, 2.24) is 10.3 Å². The second-order valence-electron chi connectivity index (χ2n) is 5.41. The highest BCUT2D eigenvalue weighted by molar-refractivity contribution is 7.92. The van der Waals surface area contributed by atoms with Crippen LogP contribution in [0.25, 0.3) is 0 Å². The number of pyridine rings is 1. The first-order valence-electron chi connectivity index (χ1n) is 7.04. The van der Waals surface area contributed by atoms with Gasteiger partial charge in [-0.15, -0.1) is 0 Å². The maximum Gasteiger partial charge on any atom is 0.238 e. The normalized spacial score (nSPS) is 16.8. The van der Waals surface area contributed by atoms with Crippen molar-refractivity contribution in [3.8, 4) is 0 Å². The van der Waals surface area contributed by atoms with Gasteiger partial charge in [-0.1, -0.05) is 0 Å². The highest BCUT2D eigenvalue weighted by Crippen LogP contribution is 2.18. The van der Waals surface area contributed by atoms with Gasteiger partial charge in [0.15, 0.2) is 9.84 Å². The van der Waals surface area contributed by atoms with Crippen molar-refractivity contribution in [2.75, 3.05) is 24.2 Å². The van der Waals surface area contributed by atoms with Crippen molar-refractivity contribution in [2.45, 2.75) is 31.6 Å². The van der Waals surface area contributed by atoms with E-state index in [9.17, 15) is 13.2 Å². The first kappa shape index (κ1) is 15.8. The molecular weight excluding hydrogens is 290 g/mol. The van der Waals surface area contributed by atoms with Crippen molar-refractivity contribution in [3.63, 3.8) is 0 Å². The molecule has 1 aliphatic rings. The number of rotatable bonds is 5. The summed E-state index contributed by atoms with van der Waals surface area (Å²) in [4.78, 5) is 18.3. The molecule has 0 aliphatic carbocycles. The van der Waals surface area contributed by atoms with Gasteiger partial charge in [-0.05, 0) is 37.5 Å². The molecule has 7 heteroatoms. The van der Waals surface area contributed by atoms with Crippen molar-refractivity contribution in [2.24, 2.45) is 0 Å². The number of carbonyl (C=O) groups excluding carboxylic acids is 1. The van der Waals surface area contributed by atoms with Crippen molar-refractivity contribution in [1.29, 1.82) is 0 Å². The Morgan fingerprint density at radius 1 is 1.43 bits per heavy atom. The summed E-state index contributed by atoms with van der Waals surface area (Å²) in [6, 6.07) is 3.77. The van der Waals surface area contributed by atoms with Gasteiger partial charge in [0, 0.05) is 32.1 Å². The summed E-state index contributed by atoms with van der Waals surface area (Å²) in [5.74, 6) is 0.437. The SMILES string of the molecule is C[C@H](C(=O)NCc1ccnc(N2CCCC2)c1)S(C)(=O)=O. The van der Waals surface area contributed by atoms with Gasteiger partial charge in [-0.2, -0.15) is 0 Å². The van der Waals surface area contributed by atoms with Crippen LogP contribution in [0.3, 0.4) is 0 Å². The van der Waals surface area contributed by atoms with Gasteiger partial charge in [0.2, 0.25) is 5.91 Å². The van der Waals surface area contributed by atoms with Crippen LogP contribution in [-0.4, -0.2) is 43.9 Å². The molecule has 116 valence electrons. The number of nitrogens with one attached hydrogen (secondary N) is 1. The number of hydrogen-bond acceptors (Lipinski definition) is 5. The molecule has 1 aromatic heterocycles. The lowest BCUT2D eigenvalue weighted by atomic mass is 10.2. The third-order valence-electron chi connectivity index (χ3n) is 3.72. The summed E-state index contributed by atoms with van der Waals surface area (Å²) in [6.07, 6.45) is 5.13. The lowest BCUT2D eigenvalue weighted by Gasteiger charge is -2.17. The predicted octanol–water partition coefficient (Wildman–Crippen LogP) is 0.731. The smallest absolute Gasteiger partial charge is 0.238 e. The second kappa shape index (κ2) is 6.43. The first-order valence-corrected chi connectivity index (χ1v) is 9.00. The van der Waals surface area contributed by atoms with Crippen LogP contribution in [0.5, 0.6) is 0 Å². The topological polar surface area (TPSA) is 79.4 Å². The van der Waals surface area contributed by atoms with E-state index in [-0.39, 0.29) is 0 Å². The Labute approximate surface area is 125 Å². The Morgan fingerprint density at radius 3 is 2.71 bits per heavy atom. The first-order chi connectivity index (χ1) is 9.88. The maximum atomic E-state index is 11.8. The standard InChI is InChI=1S/C14H21N3O3S/c1-11(21(2,19)20)14(18)16-10-12-5-6-15-13(9-12)17-7-3-4-8-17/h5-6,9,11H,3-4,7-8,10H2,1-2H3,(H,16,18)/t11-/m1/s1. The van der Waals surface area contributed by atoms with E-state index in [0.717, 1.165) is 30.7 Å². The Hall–Kier alpha value is -1.63. The molecule has 1 amide bonds. The van der Waals surface area contributed by atoms with Gasteiger partial charge in [-0.3, -0.25) is 4.79 Å². The largest absolute Gasteiger partial charge is 0.357 e. The van der Waals surface area contributed by atoms with E-state index in [2.05, 4.69) is 15.2 Å². The van der Waals surface area contributed by atoms with E-state index in [1.165, 1.54) is 19.8 Å². The number of aromatic nitrogens is 1. The maximum absolute atomic E-state index is 11.8. The molecule has 0 aromatic carbocycles. The van der Waals surface area contributed by atoms with E-state index in [4.69, 9.17) is 0 Å². The van der Waals surface area contributed by atoms with Gasteiger partial charge in [0.05, 0.1) is 0 Å². The molecule has 1 aromatic rings. The van der Waals surface area contributed by atoms with Gasteiger partial charge in [-0.25, -0.2) is 13.4 Å². The number of anilines is 1. The van der Waals surface area contributed by atoms with Gasteiger partial charge < -0.3 is 10.2 Å². The minimum Gasteiger partial charge on any atom is -0.357 e. The zero-order valence-electron chi connectivity index (χ0n) is 12.4. The molecular formula is C14H21N3O3S. The molecule has 21 heavy (non-hydrogen) atoms. The van der Waals surface area contributed by atoms with Crippen molar-refractivity contribution in [3.05, 3.63) is 23.9 Å². The summed E-state index contributed by atoms with van der Waals surface area (Å²) < 4.78 is 22.7. The van der Waals surface area contributed by atoms with E-state index in [1.54, 1.807) is 6.20 Å². The predicted molar refractivity (Wildman–Crippen MR) is 81.8 cm³/mol. The van der Waals surface area contributed by atoms with Crippen LogP contribution in [0.4, 0.5) is 5.82 Å². The van der Waals surface area contributed by atoms with E-state index < -0.39 is 21.0 Å². The Kier molecular flexibility index (Phi) is 4.82. The highest BCUT2D eigenvalue weighted by atomic mass is 32.2. The van der Waals surface area contributed by atoms with Crippen LogP contribution < -0.4 is 10.2 Å². The van der Waals surface area contributed by atoms with Gasteiger partial charge in [0.1, 0.15) is 11.1 Å². The number of hydrogen-bond donors (Lipinski definition) is 1. The quantitative estimate of drug-likeness (QED) is 0.867. The van der Waals surface area contributed by atoms with E-state index >= 15 is 0 Å². The summed E-state index contributed by atoms with van der Waals surface area (Å²) in [6.45, 7) is 3.72. The molecule has 2 heterocycles. The zero-order chi connectivity index (χ0) is 15.5. The fraction of sp³-hybridized carbons (Fsp3) is 0.571. The summed E-state index contributed by atoms with van der Waals surface area (Å²) in [7, 11) is -3.36. The third-order valence-corrected chi connectivity index (χ3v) is 5.22. The van der Waals surface area contributed by atoms with Crippen LogP contribution in [0.15, 0.2) is 18.3 Å². The second-order valence-corrected chi connectivity index (χ2v) is 7.77. The van der Waals surface area contributed by atoms with Crippen molar-refractivity contribution >= 4 is 21.6 Å². The van der Waals surface area contributed by atoms with Crippen LogP contribution in [0.2, 0.25) is 0 Å². The number of amides is 1. The highest BCUT2D eigenvalue weighted by Gasteiger charge is 2.23. The average Bonchev–Trinajstić information content (AvgIpc) is 2.97. The molecule has 6 nitrogen and oxygen atoms in total. The molecule has 0 saturated carbocycles. The van der Waals surface area contributed by atoms with Crippen LogP contribution in [0, 0.1) is 0 Å². The Bertz CT molecular complexity index is 610. The van der Waals surface area contributed by atoms with Crippen LogP contribution in [0.1, 0.15) is 25.3 Å². The van der Waals surface area contributed by atoms with Crippen molar-refractivity contribution < 1.29 is 13.2 Å². The number of carbonyl (C=O) groups is 1. The summed E-state index contributed by atoms with van der Waals surface area (Å²) >= 11 is 0. The molecule has 0 bridgehead atoms. The fourth-order valence-electron chi connectivity index (χ4n) is 2.22. The molecule has 2 rings (SSSR count). The molecule has 1 fully saturated rings. The summed E-state index contributed by atoms with van der Waals surface area (Å²) in [5, 5.41) is 1.63. The Morgan fingerprint density at radius 2 is 2.10 bits per heavy atom. The molecule has 1 aliphatic heterocycles. The van der Waals surface area contributed by atoms with Gasteiger partial charge in [0.25, 0.3) is 0 Å². The molecule has 1 atom stereocenters. The number of nitrogens with zero attached hydrogens (tertiary/aromatic N) is 2. The van der Waals surface area contributed by atoms with E-state index in [1.807, 2.05) is 12.1 Å². The van der Waals surface area contributed by atoms with Crippen LogP contribution >= 0.6 is 0 Å². The minimum absolute atomic E-state index is 0.308. The molecule has 1 N–H and O–H groups in total. The molecule has 0 unspecified atom stereocenters. The zero-order valence-corrected chi connectivity index (χ0v) is 13.2. The molecule has 0 spiro atoms. The molecule has 0 radical (unpaired) electrons. The lowest BCUT2D eigenvalue weighted by Crippen LogP contribution is -2.37. The Balaban J connectivity index is 1.97. The fourth-order valence-corrected chi connectivity index (χ4v) is 2.69. The minimum atomic E-state index is -3.36. The lowest BCUT2D eigenvalue weighted by molar-refractivity contribution is -0.120. The number of sulfone groups is 1.